The number of amides is 1. The normalized spacial score (nSPS) is 15.2. The Morgan fingerprint density at radius 3 is 2.77 bits per heavy atom. The summed E-state index contributed by atoms with van der Waals surface area (Å²) in [5.41, 5.74) is 6.49. The molecule has 2 heterocycles. The van der Waals surface area contributed by atoms with Gasteiger partial charge in [-0.2, -0.15) is 10.2 Å². The van der Waals surface area contributed by atoms with Crippen molar-refractivity contribution in [2.45, 2.75) is 12.8 Å². The zero-order valence-corrected chi connectivity index (χ0v) is 14.5. The molecule has 7 heteroatoms. The van der Waals surface area contributed by atoms with Gasteiger partial charge in [-0.3, -0.25) is 4.79 Å². The number of nitrogens with two attached hydrogens (primary N) is 1. The van der Waals surface area contributed by atoms with Gasteiger partial charge in [-0.25, -0.2) is 0 Å². The molecule has 0 aliphatic carbocycles. The number of carbonyl (C=O) groups is 1. The van der Waals surface area contributed by atoms with Crippen LogP contribution in [0.25, 0.3) is 12.2 Å². The van der Waals surface area contributed by atoms with E-state index in [1.54, 1.807) is 13.2 Å². The van der Waals surface area contributed by atoms with Crippen LogP contribution >= 0.6 is 0 Å². The van der Waals surface area contributed by atoms with Crippen LogP contribution in [-0.2, 0) is 4.79 Å². The SMILES string of the molecule is COc1ccccc1C=Cc1nc(C#N)c(N2CCC(C(N)=O)CC2)o1. The number of oxazole rings is 1. The van der Waals surface area contributed by atoms with E-state index in [1.165, 1.54) is 0 Å². The summed E-state index contributed by atoms with van der Waals surface area (Å²) in [4.78, 5) is 17.5. The molecule has 0 saturated carbocycles. The molecule has 2 N–H and O–H groups in total. The van der Waals surface area contributed by atoms with Crippen LogP contribution in [0.4, 0.5) is 5.88 Å². The van der Waals surface area contributed by atoms with Crippen molar-refractivity contribution in [3.05, 3.63) is 41.4 Å². The van der Waals surface area contributed by atoms with Gasteiger partial charge in [-0.05, 0) is 25.0 Å². The number of carbonyl (C=O) groups excluding carboxylic acids is 1. The summed E-state index contributed by atoms with van der Waals surface area (Å²) in [7, 11) is 1.61. The van der Waals surface area contributed by atoms with Crippen molar-refractivity contribution < 1.29 is 13.9 Å². The first-order chi connectivity index (χ1) is 12.6. The molecule has 0 bridgehead atoms. The van der Waals surface area contributed by atoms with Crippen LogP contribution in [0, 0.1) is 17.2 Å². The van der Waals surface area contributed by atoms with Crippen LogP contribution in [0.3, 0.4) is 0 Å². The van der Waals surface area contributed by atoms with E-state index < -0.39 is 0 Å². The predicted molar refractivity (Wildman–Crippen MR) is 97.3 cm³/mol. The topological polar surface area (TPSA) is 105 Å². The summed E-state index contributed by atoms with van der Waals surface area (Å²) < 4.78 is 11.1. The lowest BCUT2D eigenvalue weighted by molar-refractivity contribution is -0.122. The number of nitrogens with zero attached hydrogens (tertiary/aromatic N) is 3. The molecule has 1 amide bonds. The number of piperidine rings is 1. The summed E-state index contributed by atoms with van der Waals surface area (Å²) in [6.45, 7) is 1.21. The second-order valence-electron chi connectivity index (χ2n) is 6.06. The highest BCUT2D eigenvalue weighted by atomic mass is 16.5. The fourth-order valence-corrected chi connectivity index (χ4v) is 3.02. The van der Waals surface area contributed by atoms with Gasteiger partial charge in [0.05, 0.1) is 7.11 Å². The van der Waals surface area contributed by atoms with Crippen LogP contribution in [0.2, 0.25) is 0 Å². The highest BCUT2D eigenvalue weighted by Gasteiger charge is 2.27. The van der Waals surface area contributed by atoms with Crippen LogP contribution in [0.5, 0.6) is 5.75 Å². The Balaban J connectivity index is 1.78. The molecule has 1 aromatic heterocycles. The largest absolute Gasteiger partial charge is 0.496 e. The highest BCUT2D eigenvalue weighted by Crippen LogP contribution is 2.28. The van der Waals surface area contributed by atoms with Crippen molar-refractivity contribution in [1.82, 2.24) is 4.98 Å². The Hall–Kier alpha value is -3.27. The molecule has 0 atom stereocenters. The van der Waals surface area contributed by atoms with Gasteiger partial charge in [-0.15, -0.1) is 0 Å². The fourth-order valence-electron chi connectivity index (χ4n) is 3.02. The second-order valence-corrected chi connectivity index (χ2v) is 6.06. The Bertz CT molecular complexity index is 858. The number of para-hydroxylation sites is 1. The Kier molecular flexibility index (Phi) is 5.23. The number of ether oxygens (including phenoxy) is 1. The first kappa shape index (κ1) is 17.5. The van der Waals surface area contributed by atoms with Crippen LogP contribution in [-0.4, -0.2) is 31.1 Å². The maximum Gasteiger partial charge on any atom is 0.235 e. The van der Waals surface area contributed by atoms with Crippen molar-refractivity contribution >= 4 is 23.9 Å². The average molecular weight is 352 g/mol. The molecule has 2 aromatic rings. The van der Waals surface area contributed by atoms with E-state index >= 15 is 0 Å². The molecule has 1 fully saturated rings. The number of nitriles is 1. The molecule has 26 heavy (non-hydrogen) atoms. The Morgan fingerprint density at radius 1 is 1.38 bits per heavy atom. The monoisotopic (exact) mass is 352 g/mol. The summed E-state index contributed by atoms with van der Waals surface area (Å²) in [6.07, 6.45) is 4.83. The van der Waals surface area contributed by atoms with Gasteiger partial charge in [0, 0.05) is 30.6 Å². The minimum Gasteiger partial charge on any atom is -0.496 e. The number of rotatable bonds is 5. The predicted octanol–water partition coefficient (Wildman–Crippen LogP) is 2.43. The average Bonchev–Trinajstić information content (AvgIpc) is 3.10. The summed E-state index contributed by atoms with van der Waals surface area (Å²) in [6, 6.07) is 9.65. The van der Waals surface area contributed by atoms with Crippen LogP contribution < -0.4 is 15.4 Å². The number of hydrogen-bond donors (Lipinski definition) is 1. The maximum atomic E-state index is 11.3. The zero-order valence-electron chi connectivity index (χ0n) is 14.5. The van der Waals surface area contributed by atoms with Gasteiger partial charge in [0.1, 0.15) is 11.8 Å². The van der Waals surface area contributed by atoms with E-state index in [0.717, 1.165) is 11.3 Å². The molecule has 1 aliphatic rings. The third kappa shape index (κ3) is 3.70. The van der Waals surface area contributed by atoms with Crippen molar-refractivity contribution in [3.8, 4) is 11.8 Å². The molecule has 3 rings (SSSR count). The Labute approximate surface area is 151 Å². The lowest BCUT2D eigenvalue weighted by Crippen LogP contribution is -2.38. The molecule has 0 unspecified atom stereocenters. The number of benzene rings is 1. The van der Waals surface area contributed by atoms with Gasteiger partial charge in [-0.1, -0.05) is 18.2 Å². The number of hydrogen-bond acceptors (Lipinski definition) is 6. The molecular formula is C19H20N4O3. The second kappa shape index (κ2) is 7.74. The molecule has 0 spiro atoms. The smallest absolute Gasteiger partial charge is 0.235 e. The quantitative estimate of drug-likeness (QED) is 0.886. The van der Waals surface area contributed by atoms with E-state index in [0.29, 0.717) is 37.7 Å². The molecule has 1 aliphatic heterocycles. The molecule has 1 aromatic carbocycles. The van der Waals surface area contributed by atoms with Crippen molar-refractivity contribution in [3.63, 3.8) is 0 Å². The minimum atomic E-state index is -0.275. The molecule has 0 radical (unpaired) electrons. The van der Waals surface area contributed by atoms with Crippen LogP contribution in [0.1, 0.15) is 30.0 Å². The first-order valence-electron chi connectivity index (χ1n) is 8.38. The first-order valence-corrected chi connectivity index (χ1v) is 8.38. The minimum absolute atomic E-state index is 0.121. The molecular weight excluding hydrogens is 332 g/mol. The van der Waals surface area contributed by atoms with E-state index in [4.69, 9.17) is 14.9 Å². The van der Waals surface area contributed by atoms with Crippen molar-refractivity contribution in [2.24, 2.45) is 11.7 Å². The lowest BCUT2D eigenvalue weighted by Gasteiger charge is -2.30. The zero-order chi connectivity index (χ0) is 18.5. The van der Waals surface area contributed by atoms with Gasteiger partial charge in [0.25, 0.3) is 0 Å². The maximum absolute atomic E-state index is 11.3. The van der Waals surface area contributed by atoms with Crippen molar-refractivity contribution in [1.29, 1.82) is 5.26 Å². The summed E-state index contributed by atoms with van der Waals surface area (Å²) in [5.74, 6) is 1.13. The number of methoxy groups -OCH3 is 1. The lowest BCUT2D eigenvalue weighted by atomic mass is 9.96. The van der Waals surface area contributed by atoms with Gasteiger partial charge < -0.3 is 19.8 Å². The fraction of sp³-hybridized carbons (Fsp3) is 0.316. The van der Waals surface area contributed by atoms with Gasteiger partial charge in [0.2, 0.25) is 23.4 Å². The Morgan fingerprint density at radius 2 is 2.12 bits per heavy atom. The summed E-state index contributed by atoms with van der Waals surface area (Å²) >= 11 is 0. The van der Waals surface area contributed by atoms with Gasteiger partial charge in [0.15, 0.2) is 0 Å². The van der Waals surface area contributed by atoms with E-state index in [2.05, 4.69) is 11.1 Å². The molecule has 7 nitrogen and oxygen atoms in total. The number of aromatic nitrogens is 1. The number of primary amides is 1. The summed E-state index contributed by atoms with van der Waals surface area (Å²) in [5, 5.41) is 9.35. The van der Waals surface area contributed by atoms with Crippen molar-refractivity contribution in [2.75, 3.05) is 25.1 Å². The third-order valence-electron chi connectivity index (χ3n) is 4.46. The number of anilines is 1. The standard InChI is InChI=1S/C19H20N4O3/c1-25-16-5-3-2-4-13(16)6-7-17-22-15(12-20)19(26-17)23-10-8-14(9-11-23)18(21)24/h2-7,14H,8-11H2,1H3,(H2,21,24). The van der Waals surface area contributed by atoms with E-state index in [9.17, 15) is 10.1 Å². The van der Waals surface area contributed by atoms with E-state index in [-0.39, 0.29) is 17.5 Å². The third-order valence-corrected chi connectivity index (χ3v) is 4.46. The van der Waals surface area contributed by atoms with Crippen LogP contribution in [0.15, 0.2) is 28.7 Å². The van der Waals surface area contributed by atoms with Gasteiger partial charge >= 0.3 is 0 Å². The molecule has 1 saturated heterocycles. The molecule has 134 valence electrons. The van der Waals surface area contributed by atoms with E-state index in [1.807, 2.05) is 35.2 Å². The highest BCUT2D eigenvalue weighted by molar-refractivity contribution is 5.77.